The summed E-state index contributed by atoms with van der Waals surface area (Å²) in [5, 5.41) is 5.39. The monoisotopic (exact) mass is 355 g/mol. The maximum Gasteiger partial charge on any atom is 0.178 e. The molecule has 0 heterocycles. The molecule has 0 unspecified atom stereocenters. The van der Waals surface area contributed by atoms with E-state index in [2.05, 4.69) is 11.4 Å². The van der Waals surface area contributed by atoms with Crippen LogP contribution in [-0.2, 0) is 9.84 Å². The highest BCUT2D eigenvalue weighted by atomic mass is 32.2. The molecular weight excluding hydrogens is 338 g/mol. The Hall–Kier alpha value is -2.24. The molecule has 0 radical (unpaired) electrons. The zero-order valence-corrected chi connectivity index (χ0v) is 14.8. The van der Waals surface area contributed by atoms with E-state index in [0.717, 1.165) is 16.3 Å². The normalized spacial score (nSPS) is 11.4. The van der Waals surface area contributed by atoms with E-state index in [1.54, 1.807) is 25.1 Å². The molecule has 0 aliphatic rings. The first-order valence-electron chi connectivity index (χ1n) is 7.62. The van der Waals surface area contributed by atoms with Gasteiger partial charge in [0.2, 0.25) is 0 Å². The molecule has 0 aliphatic carbocycles. The van der Waals surface area contributed by atoms with Gasteiger partial charge in [-0.15, -0.1) is 0 Å². The molecule has 0 fully saturated rings. The van der Waals surface area contributed by atoms with Crippen molar-refractivity contribution in [2.24, 2.45) is 0 Å². The van der Waals surface area contributed by atoms with Crippen molar-refractivity contribution in [2.45, 2.75) is 11.8 Å². The lowest BCUT2D eigenvalue weighted by molar-refractivity contribution is 0.597. The largest absolute Gasteiger partial charge is 0.346 e. The van der Waals surface area contributed by atoms with E-state index in [4.69, 9.17) is 12.2 Å². The van der Waals surface area contributed by atoms with Gasteiger partial charge in [0.15, 0.2) is 9.84 Å². The summed E-state index contributed by atoms with van der Waals surface area (Å²) in [4.78, 5) is 0.864. The van der Waals surface area contributed by atoms with Gasteiger partial charge in [0.05, 0.1) is 10.6 Å². The molecule has 0 saturated carbocycles. The number of nitrogens with one attached hydrogen (secondary N) is 1. The van der Waals surface area contributed by atoms with Crippen molar-refractivity contribution in [1.29, 1.82) is 0 Å². The summed E-state index contributed by atoms with van der Waals surface area (Å²) in [6.45, 7) is 1.63. The summed E-state index contributed by atoms with van der Waals surface area (Å²) in [6, 6.07) is 20.8. The minimum absolute atomic E-state index is 0.0750. The van der Waals surface area contributed by atoms with Gasteiger partial charge in [-0.3, -0.25) is 0 Å². The summed E-state index contributed by atoms with van der Waals surface area (Å²) in [5.74, 6) is 0.0750. The van der Waals surface area contributed by atoms with E-state index < -0.39 is 9.84 Å². The predicted octanol–water partition coefficient (Wildman–Crippen LogP) is 4.42. The summed E-state index contributed by atoms with van der Waals surface area (Å²) < 4.78 is 24.0. The smallest absolute Gasteiger partial charge is 0.178 e. The first kappa shape index (κ1) is 16.6. The summed E-state index contributed by atoms with van der Waals surface area (Å²) in [6.07, 6.45) is 0. The van der Waals surface area contributed by atoms with Gasteiger partial charge in [-0.05, 0) is 35.0 Å². The maximum atomic E-state index is 12.0. The average molecular weight is 355 g/mol. The molecule has 24 heavy (non-hydrogen) atoms. The molecule has 0 atom stereocenters. The Bertz CT molecular complexity index is 1010. The van der Waals surface area contributed by atoms with Gasteiger partial charge in [-0.1, -0.05) is 61.6 Å². The molecule has 122 valence electrons. The topological polar surface area (TPSA) is 46.2 Å². The molecule has 0 aromatic heterocycles. The quantitative estimate of drug-likeness (QED) is 0.704. The van der Waals surface area contributed by atoms with Gasteiger partial charge in [0.25, 0.3) is 0 Å². The van der Waals surface area contributed by atoms with Crippen LogP contribution in [-0.4, -0.2) is 19.2 Å². The van der Waals surface area contributed by atoms with Crippen molar-refractivity contribution in [3.63, 3.8) is 0 Å². The SMILES string of the molecule is CCS(=O)(=O)c1cccc(NC(=S)c2ccc3ccccc3c2)c1. The van der Waals surface area contributed by atoms with Crippen LogP contribution in [0.25, 0.3) is 10.8 Å². The fourth-order valence-corrected chi connectivity index (χ4v) is 3.64. The van der Waals surface area contributed by atoms with Gasteiger partial charge in [0.1, 0.15) is 4.99 Å². The number of thiocarbonyl (C=S) groups is 1. The highest BCUT2D eigenvalue weighted by molar-refractivity contribution is 7.91. The van der Waals surface area contributed by atoms with Crippen molar-refractivity contribution >= 4 is 43.5 Å². The van der Waals surface area contributed by atoms with E-state index in [9.17, 15) is 8.42 Å². The molecule has 0 amide bonds. The zero-order valence-electron chi connectivity index (χ0n) is 13.2. The molecule has 3 nitrogen and oxygen atoms in total. The van der Waals surface area contributed by atoms with Crippen LogP contribution in [0.1, 0.15) is 12.5 Å². The van der Waals surface area contributed by atoms with E-state index in [-0.39, 0.29) is 5.75 Å². The van der Waals surface area contributed by atoms with Crippen molar-refractivity contribution in [3.05, 3.63) is 72.3 Å². The summed E-state index contributed by atoms with van der Waals surface area (Å²) in [5.41, 5.74) is 1.56. The van der Waals surface area contributed by atoms with Crippen LogP contribution < -0.4 is 5.32 Å². The number of hydrogen-bond acceptors (Lipinski definition) is 3. The van der Waals surface area contributed by atoms with E-state index in [1.807, 2.05) is 42.5 Å². The van der Waals surface area contributed by atoms with Crippen LogP contribution in [0, 0.1) is 0 Å². The van der Waals surface area contributed by atoms with Gasteiger partial charge >= 0.3 is 0 Å². The molecule has 1 N–H and O–H groups in total. The minimum atomic E-state index is -3.23. The third kappa shape index (κ3) is 3.47. The van der Waals surface area contributed by atoms with Gasteiger partial charge in [-0.2, -0.15) is 0 Å². The Morgan fingerprint density at radius 3 is 2.46 bits per heavy atom. The fourth-order valence-electron chi connectivity index (χ4n) is 2.47. The Kier molecular flexibility index (Phi) is 4.64. The van der Waals surface area contributed by atoms with Crippen LogP contribution in [0.3, 0.4) is 0 Å². The first-order valence-corrected chi connectivity index (χ1v) is 9.68. The number of fused-ring (bicyclic) bond motifs is 1. The Morgan fingerprint density at radius 2 is 1.71 bits per heavy atom. The Morgan fingerprint density at radius 1 is 0.958 bits per heavy atom. The third-order valence-electron chi connectivity index (χ3n) is 3.84. The molecule has 0 aliphatic heterocycles. The number of sulfone groups is 1. The van der Waals surface area contributed by atoms with E-state index in [1.165, 1.54) is 0 Å². The van der Waals surface area contributed by atoms with Crippen molar-refractivity contribution in [2.75, 3.05) is 11.1 Å². The first-order chi connectivity index (χ1) is 11.5. The molecular formula is C19H17NO2S2. The van der Waals surface area contributed by atoms with Gasteiger partial charge in [-0.25, -0.2) is 8.42 Å². The lowest BCUT2D eigenvalue weighted by atomic mass is 10.1. The summed E-state index contributed by atoms with van der Waals surface area (Å²) in [7, 11) is -3.23. The van der Waals surface area contributed by atoms with Crippen molar-refractivity contribution < 1.29 is 8.42 Å². The van der Waals surface area contributed by atoms with Gasteiger partial charge in [0, 0.05) is 11.3 Å². The molecule has 5 heteroatoms. The van der Waals surface area contributed by atoms with Crippen LogP contribution in [0.5, 0.6) is 0 Å². The maximum absolute atomic E-state index is 12.0. The standard InChI is InChI=1S/C19H17NO2S2/c1-2-24(21,22)18-9-5-8-17(13-18)20-19(23)16-11-10-14-6-3-4-7-15(14)12-16/h3-13H,2H2,1H3,(H,20,23). The number of benzene rings is 3. The van der Waals surface area contributed by atoms with E-state index >= 15 is 0 Å². The molecule has 0 bridgehead atoms. The lowest BCUT2D eigenvalue weighted by Gasteiger charge is -2.10. The van der Waals surface area contributed by atoms with Crippen LogP contribution >= 0.6 is 12.2 Å². The van der Waals surface area contributed by atoms with Crippen molar-refractivity contribution in [1.82, 2.24) is 0 Å². The molecule has 3 aromatic rings. The molecule has 0 saturated heterocycles. The second-order valence-corrected chi connectivity index (χ2v) is 8.13. The number of rotatable bonds is 4. The highest BCUT2D eigenvalue weighted by Crippen LogP contribution is 2.20. The fraction of sp³-hybridized carbons (Fsp3) is 0.105. The predicted molar refractivity (Wildman–Crippen MR) is 103 cm³/mol. The van der Waals surface area contributed by atoms with Gasteiger partial charge < -0.3 is 5.32 Å². The highest BCUT2D eigenvalue weighted by Gasteiger charge is 2.12. The number of anilines is 1. The summed E-state index contributed by atoms with van der Waals surface area (Å²) >= 11 is 5.47. The second kappa shape index (κ2) is 6.71. The van der Waals surface area contributed by atoms with Crippen LogP contribution in [0.2, 0.25) is 0 Å². The van der Waals surface area contributed by atoms with Crippen LogP contribution in [0.4, 0.5) is 5.69 Å². The number of hydrogen-bond donors (Lipinski definition) is 1. The lowest BCUT2D eigenvalue weighted by Crippen LogP contribution is -2.11. The van der Waals surface area contributed by atoms with E-state index in [0.29, 0.717) is 15.6 Å². The van der Waals surface area contributed by atoms with Crippen LogP contribution in [0.15, 0.2) is 71.6 Å². The molecule has 3 aromatic carbocycles. The third-order valence-corrected chi connectivity index (χ3v) is 5.91. The minimum Gasteiger partial charge on any atom is -0.346 e. The zero-order chi connectivity index (χ0) is 17.2. The Labute approximate surface area is 147 Å². The average Bonchev–Trinajstić information content (AvgIpc) is 2.61. The second-order valence-electron chi connectivity index (χ2n) is 5.45. The molecule has 0 spiro atoms. The Balaban J connectivity index is 1.87. The molecule has 3 rings (SSSR count). The van der Waals surface area contributed by atoms with Crippen molar-refractivity contribution in [3.8, 4) is 0 Å².